The predicted octanol–water partition coefficient (Wildman–Crippen LogP) is 0.975. The van der Waals surface area contributed by atoms with E-state index in [0.717, 1.165) is 13.1 Å². The van der Waals surface area contributed by atoms with Crippen LogP contribution in [0.15, 0.2) is 0 Å². The molecule has 70 valence electrons. The summed E-state index contributed by atoms with van der Waals surface area (Å²) in [4.78, 5) is 0. The third-order valence-electron chi connectivity index (χ3n) is 3.29. The molecular weight excluding hydrogens is 162 g/mol. The van der Waals surface area contributed by atoms with Gasteiger partial charge in [0, 0.05) is 18.2 Å². The van der Waals surface area contributed by atoms with Gasteiger partial charge in [0.1, 0.15) is 0 Å². The normalized spacial score (nSPS) is 26.6. The molecule has 1 aromatic heterocycles. The Morgan fingerprint density at radius 2 is 2.31 bits per heavy atom. The number of aryl methyl sites for hydroxylation is 1. The maximum Gasteiger partial charge on any atom is 0.0700 e. The average molecular weight is 177 g/mol. The Labute approximate surface area is 77.9 Å². The van der Waals surface area contributed by atoms with Crippen LogP contribution in [0.4, 0.5) is 0 Å². The van der Waals surface area contributed by atoms with Crippen LogP contribution >= 0.6 is 0 Å². The van der Waals surface area contributed by atoms with Crippen LogP contribution < -0.4 is 5.32 Å². The van der Waals surface area contributed by atoms with E-state index in [2.05, 4.69) is 15.5 Å². The van der Waals surface area contributed by atoms with Gasteiger partial charge in [0.2, 0.25) is 0 Å². The molecule has 0 spiro atoms. The molecule has 0 saturated carbocycles. The largest absolute Gasteiger partial charge is 0.316 e. The maximum atomic E-state index is 4.45. The molecule has 13 heavy (non-hydrogen) atoms. The van der Waals surface area contributed by atoms with Gasteiger partial charge in [-0.15, -0.1) is 0 Å². The van der Waals surface area contributed by atoms with Crippen molar-refractivity contribution >= 4 is 0 Å². The van der Waals surface area contributed by atoms with E-state index in [-0.39, 0.29) is 0 Å². The lowest BCUT2D eigenvalue weighted by Gasteiger charge is -2.05. The molecule has 0 amide bonds. The first-order chi connectivity index (χ1) is 6.45. The summed E-state index contributed by atoms with van der Waals surface area (Å²) in [7, 11) is 0. The summed E-state index contributed by atoms with van der Waals surface area (Å²) in [6, 6.07) is 0. The highest BCUT2D eigenvalue weighted by atomic mass is 15.1. The highest BCUT2D eigenvalue weighted by molar-refractivity contribution is 5.32. The van der Waals surface area contributed by atoms with Gasteiger partial charge in [-0.05, 0) is 37.8 Å². The van der Waals surface area contributed by atoms with Crippen LogP contribution in [-0.4, -0.2) is 23.3 Å². The van der Waals surface area contributed by atoms with E-state index in [1.54, 1.807) is 0 Å². The van der Waals surface area contributed by atoms with Crippen LogP contribution in [0.25, 0.3) is 0 Å². The number of hydrogen-bond donors (Lipinski definition) is 2. The van der Waals surface area contributed by atoms with Crippen LogP contribution in [-0.2, 0) is 12.8 Å². The van der Waals surface area contributed by atoms with E-state index >= 15 is 0 Å². The molecule has 1 aliphatic carbocycles. The van der Waals surface area contributed by atoms with E-state index in [4.69, 9.17) is 0 Å². The lowest BCUT2D eigenvalue weighted by atomic mass is 10.00. The number of aromatic amines is 1. The van der Waals surface area contributed by atoms with Crippen LogP contribution in [0.5, 0.6) is 0 Å². The number of aromatic nitrogens is 2. The summed E-state index contributed by atoms with van der Waals surface area (Å²) in [5.74, 6) is 0.679. The van der Waals surface area contributed by atoms with Gasteiger partial charge < -0.3 is 5.32 Å². The van der Waals surface area contributed by atoms with Gasteiger partial charge >= 0.3 is 0 Å². The van der Waals surface area contributed by atoms with Gasteiger partial charge in [-0.2, -0.15) is 5.10 Å². The van der Waals surface area contributed by atoms with Crippen LogP contribution in [0.1, 0.15) is 35.7 Å². The SMILES string of the molecule is C1Cc2[nH]nc(C3CCNC3)c2C1. The topological polar surface area (TPSA) is 40.7 Å². The van der Waals surface area contributed by atoms with Crippen molar-refractivity contribution in [2.45, 2.75) is 31.6 Å². The minimum absolute atomic E-state index is 0.679. The fraction of sp³-hybridized carbons (Fsp3) is 0.700. The average Bonchev–Trinajstić information content (AvgIpc) is 2.79. The lowest BCUT2D eigenvalue weighted by molar-refractivity contribution is 0.711. The zero-order valence-corrected chi connectivity index (χ0v) is 7.77. The van der Waals surface area contributed by atoms with Crippen LogP contribution in [0.3, 0.4) is 0 Å². The summed E-state index contributed by atoms with van der Waals surface area (Å²) < 4.78 is 0. The van der Waals surface area contributed by atoms with Crippen molar-refractivity contribution < 1.29 is 0 Å². The monoisotopic (exact) mass is 177 g/mol. The molecule has 2 aliphatic rings. The second-order valence-electron chi connectivity index (χ2n) is 4.11. The van der Waals surface area contributed by atoms with Crippen molar-refractivity contribution in [3.63, 3.8) is 0 Å². The molecule has 1 atom stereocenters. The highest BCUT2D eigenvalue weighted by Crippen LogP contribution is 2.30. The van der Waals surface area contributed by atoms with Crippen molar-refractivity contribution in [2.75, 3.05) is 13.1 Å². The Balaban J connectivity index is 1.95. The molecule has 1 fully saturated rings. The molecule has 0 radical (unpaired) electrons. The number of H-pyrrole nitrogens is 1. The third kappa shape index (κ3) is 1.10. The fourth-order valence-electron chi connectivity index (χ4n) is 2.57. The van der Waals surface area contributed by atoms with Crippen molar-refractivity contribution in [2.24, 2.45) is 0 Å². The molecule has 1 saturated heterocycles. The summed E-state index contributed by atoms with van der Waals surface area (Å²) in [6.07, 6.45) is 5.04. The second-order valence-corrected chi connectivity index (χ2v) is 4.11. The molecule has 3 rings (SSSR count). The van der Waals surface area contributed by atoms with E-state index in [0.29, 0.717) is 5.92 Å². The van der Waals surface area contributed by atoms with Gasteiger partial charge in [-0.25, -0.2) is 0 Å². The van der Waals surface area contributed by atoms with Crippen molar-refractivity contribution in [1.82, 2.24) is 15.5 Å². The molecule has 1 aliphatic heterocycles. The molecule has 1 unspecified atom stereocenters. The molecule has 2 N–H and O–H groups in total. The quantitative estimate of drug-likeness (QED) is 0.671. The van der Waals surface area contributed by atoms with Crippen molar-refractivity contribution in [3.8, 4) is 0 Å². The zero-order chi connectivity index (χ0) is 8.67. The third-order valence-corrected chi connectivity index (χ3v) is 3.29. The van der Waals surface area contributed by atoms with Gasteiger partial charge in [0.05, 0.1) is 5.69 Å². The standard InChI is InChI=1S/C10H15N3/c1-2-8-9(3-1)12-13-10(8)7-4-5-11-6-7/h7,11H,1-6H2,(H,12,13). The van der Waals surface area contributed by atoms with Gasteiger partial charge in [0.25, 0.3) is 0 Å². The molecular formula is C10H15N3. The summed E-state index contributed by atoms with van der Waals surface area (Å²) in [6.45, 7) is 2.28. The van der Waals surface area contributed by atoms with Crippen LogP contribution in [0, 0.1) is 0 Å². The Morgan fingerprint density at radius 1 is 1.31 bits per heavy atom. The van der Waals surface area contributed by atoms with Crippen molar-refractivity contribution in [1.29, 1.82) is 0 Å². The highest BCUT2D eigenvalue weighted by Gasteiger charge is 2.26. The smallest absolute Gasteiger partial charge is 0.0700 e. The molecule has 0 bridgehead atoms. The Hall–Kier alpha value is -0.830. The van der Waals surface area contributed by atoms with E-state index < -0.39 is 0 Å². The Kier molecular flexibility index (Phi) is 1.65. The minimum Gasteiger partial charge on any atom is -0.316 e. The number of rotatable bonds is 1. The molecule has 2 heterocycles. The van der Waals surface area contributed by atoms with E-state index in [1.807, 2.05) is 0 Å². The first kappa shape index (κ1) is 7.56. The Bertz CT molecular complexity index is 310. The number of nitrogens with one attached hydrogen (secondary N) is 2. The molecule has 3 heteroatoms. The van der Waals surface area contributed by atoms with Gasteiger partial charge in [-0.3, -0.25) is 5.10 Å². The molecule has 1 aromatic rings. The van der Waals surface area contributed by atoms with Crippen LogP contribution in [0.2, 0.25) is 0 Å². The molecule has 0 aromatic carbocycles. The fourth-order valence-corrected chi connectivity index (χ4v) is 2.57. The number of nitrogens with zero attached hydrogens (tertiary/aromatic N) is 1. The van der Waals surface area contributed by atoms with E-state index in [1.165, 1.54) is 42.6 Å². The minimum atomic E-state index is 0.679. The van der Waals surface area contributed by atoms with Gasteiger partial charge in [0.15, 0.2) is 0 Å². The van der Waals surface area contributed by atoms with Gasteiger partial charge in [-0.1, -0.05) is 0 Å². The lowest BCUT2D eigenvalue weighted by Crippen LogP contribution is -2.09. The number of hydrogen-bond acceptors (Lipinski definition) is 2. The molecule has 3 nitrogen and oxygen atoms in total. The predicted molar refractivity (Wildman–Crippen MR) is 50.8 cm³/mol. The number of fused-ring (bicyclic) bond motifs is 1. The first-order valence-electron chi connectivity index (χ1n) is 5.22. The summed E-state index contributed by atoms with van der Waals surface area (Å²) in [5, 5.41) is 11.0. The maximum absolute atomic E-state index is 4.45. The second kappa shape index (κ2) is 2.84. The van der Waals surface area contributed by atoms with E-state index in [9.17, 15) is 0 Å². The zero-order valence-electron chi connectivity index (χ0n) is 7.77. The first-order valence-corrected chi connectivity index (χ1v) is 5.22. The Morgan fingerprint density at radius 3 is 3.15 bits per heavy atom. The summed E-state index contributed by atoms with van der Waals surface area (Å²) >= 11 is 0. The summed E-state index contributed by atoms with van der Waals surface area (Å²) in [5.41, 5.74) is 4.30. The van der Waals surface area contributed by atoms with Crippen molar-refractivity contribution in [3.05, 3.63) is 17.0 Å².